The van der Waals surface area contributed by atoms with Crippen LogP contribution in [0.2, 0.25) is 5.02 Å². The monoisotopic (exact) mass is 538 g/mol. The molecule has 8 heteroatoms. The Balaban J connectivity index is 1.72. The molecule has 0 unspecified atom stereocenters. The van der Waals surface area contributed by atoms with Crippen molar-refractivity contribution in [1.29, 1.82) is 0 Å². The number of urea groups is 1. The van der Waals surface area contributed by atoms with Gasteiger partial charge in [0.1, 0.15) is 11.3 Å². The van der Waals surface area contributed by atoms with Gasteiger partial charge in [-0.1, -0.05) is 43.7 Å². The lowest BCUT2D eigenvalue weighted by atomic mass is 9.76. The van der Waals surface area contributed by atoms with Gasteiger partial charge >= 0.3 is 12.0 Å². The number of hydrogen-bond donors (Lipinski definition) is 2. The van der Waals surface area contributed by atoms with Crippen LogP contribution in [0.3, 0.4) is 0 Å². The average Bonchev–Trinajstić information content (AvgIpc) is 2.88. The van der Waals surface area contributed by atoms with Crippen LogP contribution in [0.15, 0.2) is 54.2 Å². The Morgan fingerprint density at radius 1 is 1.16 bits per heavy atom. The Labute approximate surface area is 229 Å². The van der Waals surface area contributed by atoms with E-state index < -0.39 is 11.5 Å². The van der Waals surface area contributed by atoms with Gasteiger partial charge in [-0.3, -0.25) is 4.90 Å². The molecule has 0 spiro atoms. The standard InChI is InChI=1S/C30H35ClN2O5/c1-29(2)13-10-19(11-14-29)23-8-6-20(16-25(23)31)30(3)21(12-15-37-4)18-33(28(36)32-30)22-7-9-24(27(34)35)26(17-22)38-5/h6-10,16-18H,11-15H2,1-5H3,(H,32,36)(H,34,35)/t30-/m0/s1. The van der Waals surface area contributed by atoms with Crippen LogP contribution in [0.1, 0.15) is 67.9 Å². The van der Waals surface area contributed by atoms with E-state index in [1.165, 1.54) is 23.6 Å². The van der Waals surface area contributed by atoms with Gasteiger partial charge < -0.3 is 19.9 Å². The second kappa shape index (κ2) is 10.8. The minimum atomic E-state index is -1.10. The summed E-state index contributed by atoms with van der Waals surface area (Å²) in [6.07, 6.45) is 7.77. The van der Waals surface area contributed by atoms with Crippen LogP contribution < -0.4 is 15.0 Å². The van der Waals surface area contributed by atoms with Gasteiger partial charge in [0.25, 0.3) is 0 Å². The van der Waals surface area contributed by atoms with E-state index in [1.807, 2.05) is 19.1 Å². The number of benzene rings is 2. The fourth-order valence-electron chi connectivity index (χ4n) is 5.09. The van der Waals surface area contributed by atoms with Crippen molar-refractivity contribution in [3.8, 4) is 5.75 Å². The van der Waals surface area contributed by atoms with Crippen LogP contribution in [0.4, 0.5) is 10.5 Å². The minimum absolute atomic E-state index is 0.0217. The van der Waals surface area contributed by atoms with E-state index in [9.17, 15) is 14.7 Å². The fraction of sp³-hybridized carbons (Fsp3) is 0.400. The zero-order valence-electron chi connectivity index (χ0n) is 22.6. The Kier molecular flexibility index (Phi) is 7.90. The SMILES string of the molecule is COCCC1=CN(c2ccc(C(=O)O)c(OC)c2)C(=O)N[C@@]1(C)c1ccc(C2=CCC(C)(C)CC2)c(Cl)c1. The zero-order chi connectivity index (χ0) is 27.7. The van der Waals surface area contributed by atoms with Crippen molar-refractivity contribution >= 4 is 34.9 Å². The molecule has 1 aliphatic heterocycles. The summed E-state index contributed by atoms with van der Waals surface area (Å²) in [4.78, 5) is 26.4. The topological polar surface area (TPSA) is 88.1 Å². The molecule has 2 amide bonds. The first-order valence-electron chi connectivity index (χ1n) is 12.7. The molecule has 2 aliphatic rings. The summed E-state index contributed by atoms with van der Waals surface area (Å²) in [5.74, 6) is -0.931. The Hall–Kier alpha value is -3.29. The highest BCUT2D eigenvalue weighted by atomic mass is 35.5. The molecule has 1 aliphatic carbocycles. The van der Waals surface area contributed by atoms with Crippen molar-refractivity contribution < 1.29 is 24.2 Å². The molecule has 2 aromatic carbocycles. The number of methoxy groups -OCH3 is 2. The van der Waals surface area contributed by atoms with Crippen LogP contribution in [0.25, 0.3) is 5.57 Å². The summed E-state index contributed by atoms with van der Waals surface area (Å²) >= 11 is 6.83. The van der Waals surface area contributed by atoms with Crippen LogP contribution >= 0.6 is 11.6 Å². The first-order valence-corrected chi connectivity index (χ1v) is 13.1. The van der Waals surface area contributed by atoms with E-state index in [4.69, 9.17) is 21.1 Å². The quantitative estimate of drug-likeness (QED) is 0.377. The van der Waals surface area contributed by atoms with Crippen molar-refractivity contribution in [3.63, 3.8) is 0 Å². The van der Waals surface area contributed by atoms with Gasteiger partial charge in [0, 0.05) is 24.4 Å². The number of carbonyl (C=O) groups excluding carboxylic acids is 1. The van der Waals surface area contributed by atoms with Gasteiger partial charge in [-0.05, 0) is 78.5 Å². The lowest BCUT2D eigenvalue weighted by molar-refractivity contribution is 0.0693. The predicted molar refractivity (Wildman–Crippen MR) is 150 cm³/mol. The molecule has 0 bridgehead atoms. The summed E-state index contributed by atoms with van der Waals surface area (Å²) in [6, 6.07) is 10.2. The number of nitrogens with zero attached hydrogens (tertiary/aromatic N) is 1. The first kappa shape index (κ1) is 27.7. The summed E-state index contributed by atoms with van der Waals surface area (Å²) in [5.41, 5.74) is 4.09. The van der Waals surface area contributed by atoms with Gasteiger partial charge in [0.05, 0.1) is 24.9 Å². The molecule has 0 fully saturated rings. The molecule has 0 aromatic heterocycles. The van der Waals surface area contributed by atoms with E-state index in [-0.39, 0.29) is 17.3 Å². The second-order valence-corrected chi connectivity index (χ2v) is 11.2. The van der Waals surface area contributed by atoms with E-state index >= 15 is 0 Å². The molecule has 38 heavy (non-hydrogen) atoms. The highest BCUT2D eigenvalue weighted by Gasteiger charge is 2.39. The normalized spacial score (nSPS) is 20.9. The van der Waals surface area contributed by atoms with E-state index in [0.717, 1.165) is 36.0 Å². The van der Waals surface area contributed by atoms with E-state index in [0.29, 0.717) is 29.2 Å². The Bertz CT molecular complexity index is 1320. The number of allylic oxidation sites excluding steroid dienone is 2. The number of anilines is 1. The molecule has 202 valence electrons. The lowest BCUT2D eigenvalue weighted by Gasteiger charge is -2.41. The molecular weight excluding hydrogens is 504 g/mol. The van der Waals surface area contributed by atoms with Gasteiger partial charge in [-0.25, -0.2) is 9.59 Å². The minimum Gasteiger partial charge on any atom is -0.496 e. The number of hydrogen-bond acceptors (Lipinski definition) is 4. The number of carbonyl (C=O) groups is 2. The molecule has 7 nitrogen and oxygen atoms in total. The van der Waals surface area contributed by atoms with Gasteiger partial charge in [-0.2, -0.15) is 0 Å². The van der Waals surface area contributed by atoms with E-state index in [2.05, 4.69) is 31.3 Å². The van der Waals surface area contributed by atoms with Crippen molar-refractivity contribution in [1.82, 2.24) is 5.32 Å². The maximum absolute atomic E-state index is 13.4. The smallest absolute Gasteiger partial charge is 0.339 e. The summed E-state index contributed by atoms with van der Waals surface area (Å²) in [7, 11) is 3.04. The number of amides is 2. The fourth-order valence-corrected chi connectivity index (χ4v) is 5.39. The van der Waals surface area contributed by atoms with Gasteiger partial charge in [0.2, 0.25) is 0 Å². The second-order valence-electron chi connectivity index (χ2n) is 10.8. The number of nitrogens with one attached hydrogen (secondary N) is 1. The molecule has 0 radical (unpaired) electrons. The molecule has 0 saturated heterocycles. The predicted octanol–water partition coefficient (Wildman–Crippen LogP) is 7.01. The average molecular weight is 539 g/mol. The summed E-state index contributed by atoms with van der Waals surface area (Å²) < 4.78 is 10.6. The number of ether oxygens (including phenoxy) is 2. The van der Waals surface area contributed by atoms with Crippen molar-refractivity contribution in [2.75, 3.05) is 25.7 Å². The summed E-state index contributed by atoms with van der Waals surface area (Å²) in [6.45, 7) is 6.99. The number of carboxylic acids is 1. The molecule has 1 heterocycles. The maximum atomic E-state index is 13.4. The largest absolute Gasteiger partial charge is 0.496 e. The highest BCUT2D eigenvalue weighted by Crippen LogP contribution is 2.42. The van der Waals surface area contributed by atoms with Crippen LogP contribution in [-0.4, -0.2) is 37.9 Å². The van der Waals surface area contributed by atoms with Crippen LogP contribution in [-0.2, 0) is 10.3 Å². The van der Waals surface area contributed by atoms with Gasteiger partial charge in [-0.15, -0.1) is 0 Å². The Morgan fingerprint density at radius 2 is 1.92 bits per heavy atom. The Morgan fingerprint density at radius 3 is 2.53 bits per heavy atom. The van der Waals surface area contributed by atoms with Gasteiger partial charge in [0.15, 0.2) is 0 Å². The molecular formula is C30H35ClN2O5. The number of carboxylic acid groups (broad SMARTS) is 1. The van der Waals surface area contributed by atoms with Crippen molar-refractivity contribution in [2.24, 2.45) is 5.41 Å². The summed E-state index contributed by atoms with van der Waals surface area (Å²) in [5, 5.41) is 13.2. The number of halogens is 1. The maximum Gasteiger partial charge on any atom is 0.339 e. The third-order valence-electron chi connectivity index (χ3n) is 7.64. The van der Waals surface area contributed by atoms with Crippen molar-refractivity contribution in [3.05, 3.63) is 76.0 Å². The lowest BCUT2D eigenvalue weighted by Crippen LogP contribution is -2.54. The first-order chi connectivity index (χ1) is 18.0. The molecule has 0 saturated carbocycles. The molecule has 4 rings (SSSR count). The third kappa shape index (κ3) is 5.45. The molecule has 1 atom stereocenters. The van der Waals surface area contributed by atoms with Crippen molar-refractivity contribution in [2.45, 2.75) is 52.0 Å². The highest BCUT2D eigenvalue weighted by molar-refractivity contribution is 6.32. The van der Waals surface area contributed by atoms with E-state index in [1.54, 1.807) is 25.4 Å². The van der Waals surface area contributed by atoms with Crippen LogP contribution in [0.5, 0.6) is 5.75 Å². The number of aromatic carboxylic acids is 1. The zero-order valence-corrected chi connectivity index (χ0v) is 23.3. The van der Waals surface area contributed by atoms with Crippen LogP contribution in [0, 0.1) is 5.41 Å². The molecule has 2 aromatic rings. The molecule has 2 N–H and O–H groups in total. The third-order valence-corrected chi connectivity index (χ3v) is 7.95. The number of rotatable bonds is 8.